The Morgan fingerprint density at radius 2 is 2.57 bits per heavy atom. The number of hydrogen-bond donors (Lipinski definition) is 1. The first-order valence-electron chi connectivity index (χ1n) is 3.86. The molecule has 0 aliphatic rings. The lowest BCUT2D eigenvalue weighted by atomic mass is 10.5. The molecule has 0 saturated heterocycles. The molecule has 0 aliphatic carbocycles. The number of nitrogens with zero attached hydrogens (tertiary/aromatic N) is 2. The van der Waals surface area contributed by atoms with Crippen LogP contribution in [0.5, 0.6) is 0 Å². The van der Waals surface area contributed by atoms with Crippen LogP contribution in [-0.2, 0) is 0 Å². The molecule has 0 spiro atoms. The Bertz CT molecular complexity index is 412. The number of nitriles is 1. The highest BCUT2D eigenvalue weighted by molar-refractivity contribution is 7.99. The molecule has 0 radical (unpaired) electrons. The molecule has 1 heterocycles. The van der Waals surface area contributed by atoms with Crippen LogP contribution in [0.4, 0.5) is 0 Å². The predicted molar refractivity (Wildman–Crippen MR) is 55.6 cm³/mol. The molecule has 0 fully saturated rings. The van der Waals surface area contributed by atoms with Crippen molar-refractivity contribution in [3.63, 3.8) is 0 Å². The first kappa shape index (κ1) is 11.1. The number of aromatic amines is 1. The summed E-state index contributed by atoms with van der Waals surface area (Å²) < 4.78 is 0. The number of aryl methyl sites for hydroxylation is 1. The zero-order valence-electron chi connectivity index (χ0n) is 7.45. The van der Waals surface area contributed by atoms with E-state index in [9.17, 15) is 4.79 Å². The van der Waals surface area contributed by atoms with Crippen molar-refractivity contribution in [1.82, 2.24) is 9.97 Å². The van der Waals surface area contributed by atoms with Crippen molar-refractivity contribution >= 4 is 23.4 Å². The van der Waals surface area contributed by atoms with Gasteiger partial charge in [0.2, 0.25) is 0 Å². The van der Waals surface area contributed by atoms with E-state index in [4.69, 9.17) is 16.9 Å². The van der Waals surface area contributed by atoms with Gasteiger partial charge in [-0.3, -0.25) is 4.79 Å². The standard InChI is InChI=1S/C8H8ClN3OS/c1-5-2-7(13)12-8(11-5)14-4-6(9)3-10/h2,6H,4H2,1H3,(H,11,12,13). The van der Waals surface area contributed by atoms with Crippen molar-refractivity contribution in [2.75, 3.05) is 5.75 Å². The van der Waals surface area contributed by atoms with Crippen LogP contribution in [0.2, 0.25) is 0 Å². The van der Waals surface area contributed by atoms with Gasteiger partial charge in [0.1, 0.15) is 5.38 Å². The average molecular weight is 230 g/mol. The number of thioether (sulfide) groups is 1. The summed E-state index contributed by atoms with van der Waals surface area (Å²) in [5.41, 5.74) is 0.461. The second-order valence-corrected chi connectivity index (χ2v) is 4.14. The maximum Gasteiger partial charge on any atom is 0.251 e. The van der Waals surface area contributed by atoms with Gasteiger partial charge < -0.3 is 4.98 Å². The lowest BCUT2D eigenvalue weighted by Crippen LogP contribution is -2.09. The Kier molecular flexibility index (Phi) is 3.98. The van der Waals surface area contributed by atoms with E-state index in [1.165, 1.54) is 17.8 Å². The summed E-state index contributed by atoms with van der Waals surface area (Å²) in [5.74, 6) is 0.407. The third-order valence-corrected chi connectivity index (χ3v) is 2.76. The number of aromatic nitrogens is 2. The Morgan fingerprint density at radius 1 is 1.86 bits per heavy atom. The first-order valence-corrected chi connectivity index (χ1v) is 5.28. The zero-order chi connectivity index (χ0) is 10.6. The average Bonchev–Trinajstić information content (AvgIpc) is 2.12. The van der Waals surface area contributed by atoms with Crippen molar-refractivity contribution < 1.29 is 0 Å². The van der Waals surface area contributed by atoms with Gasteiger partial charge in [0.25, 0.3) is 5.56 Å². The van der Waals surface area contributed by atoms with Crippen LogP contribution < -0.4 is 5.56 Å². The normalized spacial score (nSPS) is 12.1. The summed E-state index contributed by atoms with van der Waals surface area (Å²) in [7, 11) is 0. The number of halogens is 1. The van der Waals surface area contributed by atoms with Gasteiger partial charge in [-0.2, -0.15) is 5.26 Å². The van der Waals surface area contributed by atoms with Gasteiger partial charge >= 0.3 is 0 Å². The van der Waals surface area contributed by atoms with Crippen LogP contribution in [0.3, 0.4) is 0 Å². The number of hydrogen-bond acceptors (Lipinski definition) is 4. The Labute approximate surface area is 90.3 Å². The Balaban J connectivity index is 2.69. The molecule has 1 atom stereocenters. The van der Waals surface area contributed by atoms with Crippen molar-refractivity contribution in [2.45, 2.75) is 17.5 Å². The molecule has 0 saturated carbocycles. The van der Waals surface area contributed by atoms with Gasteiger partial charge in [-0.05, 0) is 6.92 Å². The topological polar surface area (TPSA) is 69.5 Å². The lowest BCUT2D eigenvalue weighted by molar-refractivity contribution is 0.905. The molecule has 0 amide bonds. The highest BCUT2D eigenvalue weighted by atomic mass is 35.5. The Hall–Kier alpha value is -0.990. The highest BCUT2D eigenvalue weighted by Crippen LogP contribution is 2.14. The SMILES string of the molecule is Cc1cc(=O)[nH]c(SCC(Cl)C#N)n1. The molecular weight excluding hydrogens is 222 g/mol. The summed E-state index contributed by atoms with van der Waals surface area (Å²) in [6.07, 6.45) is 0. The molecule has 1 unspecified atom stereocenters. The number of nitrogens with one attached hydrogen (secondary N) is 1. The molecule has 0 aromatic carbocycles. The summed E-state index contributed by atoms with van der Waals surface area (Å²) in [5, 5.41) is 8.37. The summed E-state index contributed by atoms with van der Waals surface area (Å²) in [4.78, 5) is 17.7. The zero-order valence-corrected chi connectivity index (χ0v) is 9.02. The third-order valence-electron chi connectivity index (χ3n) is 1.35. The molecule has 14 heavy (non-hydrogen) atoms. The van der Waals surface area contributed by atoms with Gasteiger partial charge in [-0.1, -0.05) is 11.8 Å². The van der Waals surface area contributed by atoms with Gasteiger partial charge in [0.15, 0.2) is 5.16 Å². The fourth-order valence-corrected chi connectivity index (χ4v) is 1.76. The lowest BCUT2D eigenvalue weighted by Gasteiger charge is -2.00. The molecule has 0 aliphatic heterocycles. The van der Waals surface area contributed by atoms with Crippen LogP contribution in [0.15, 0.2) is 16.0 Å². The quantitative estimate of drug-likeness (QED) is 0.482. The van der Waals surface area contributed by atoms with Crippen LogP contribution in [-0.4, -0.2) is 21.1 Å². The van der Waals surface area contributed by atoms with Gasteiger partial charge in [-0.15, -0.1) is 11.6 Å². The maximum atomic E-state index is 11.0. The van der Waals surface area contributed by atoms with Gasteiger partial charge in [0, 0.05) is 17.5 Å². The van der Waals surface area contributed by atoms with Crippen LogP contribution in [0.25, 0.3) is 0 Å². The number of rotatable bonds is 3. The highest BCUT2D eigenvalue weighted by Gasteiger charge is 2.05. The molecule has 1 aromatic heterocycles. The molecular formula is C8H8ClN3OS. The van der Waals surface area contributed by atoms with Gasteiger partial charge in [0.05, 0.1) is 6.07 Å². The number of alkyl halides is 1. The molecule has 1 rings (SSSR count). The molecule has 0 bridgehead atoms. The minimum absolute atomic E-state index is 0.192. The summed E-state index contributed by atoms with van der Waals surface area (Å²) in [6.45, 7) is 1.74. The van der Waals surface area contributed by atoms with E-state index in [-0.39, 0.29) is 5.56 Å². The predicted octanol–water partition coefficient (Wildman–Crippen LogP) is 1.30. The van der Waals surface area contributed by atoms with E-state index in [2.05, 4.69) is 9.97 Å². The van der Waals surface area contributed by atoms with Crippen molar-refractivity contribution in [1.29, 1.82) is 5.26 Å². The minimum atomic E-state index is -0.564. The fraction of sp³-hybridized carbons (Fsp3) is 0.375. The summed E-state index contributed by atoms with van der Waals surface area (Å²) in [6, 6.07) is 3.30. The van der Waals surface area contributed by atoms with Crippen LogP contribution >= 0.6 is 23.4 Å². The Morgan fingerprint density at radius 3 is 3.14 bits per heavy atom. The molecule has 1 aromatic rings. The molecule has 74 valence electrons. The second-order valence-electron chi connectivity index (χ2n) is 2.60. The smallest absolute Gasteiger partial charge is 0.251 e. The van der Waals surface area contributed by atoms with Crippen LogP contribution in [0.1, 0.15) is 5.69 Å². The minimum Gasteiger partial charge on any atom is -0.301 e. The van der Waals surface area contributed by atoms with Crippen LogP contribution in [0, 0.1) is 18.3 Å². The largest absolute Gasteiger partial charge is 0.301 e. The molecule has 4 nitrogen and oxygen atoms in total. The maximum absolute atomic E-state index is 11.0. The van der Waals surface area contributed by atoms with Gasteiger partial charge in [-0.25, -0.2) is 4.98 Å². The van der Waals surface area contributed by atoms with E-state index in [1.54, 1.807) is 6.92 Å². The van der Waals surface area contributed by atoms with E-state index < -0.39 is 5.38 Å². The van der Waals surface area contributed by atoms with E-state index in [1.807, 2.05) is 6.07 Å². The van der Waals surface area contributed by atoms with E-state index >= 15 is 0 Å². The fourth-order valence-electron chi connectivity index (χ4n) is 0.809. The monoisotopic (exact) mass is 229 g/mol. The number of H-pyrrole nitrogens is 1. The van der Waals surface area contributed by atoms with Crippen molar-refractivity contribution in [3.05, 3.63) is 22.1 Å². The van der Waals surface area contributed by atoms with E-state index in [0.717, 1.165) is 0 Å². The molecule has 6 heteroatoms. The summed E-state index contributed by atoms with van der Waals surface area (Å²) >= 11 is 6.85. The van der Waals surface area contributed by atoms with Crippen molar-refractivity contribution in [3.8, 4) is 6.07 Å². The van der Waals surface area contributed by atoms with Crippen molar-refractivity contribution in [2.24, 2.45) is 0 Å². The van der Waals surface area contributed by atoms with E-state index in [0.29, 0.717) is 16.6 Å². The first-order chi connectivity index (χ1) is 6.61. The third kappa shape index (κ3) is 3.40. The second kappa shape index (κ2) is 5.03. The molecule has 1 N–H and O–H groups in total.